The van der Waals surface area contributed by atoms with E-state index < -0.39 is 0 Å². The highest BCUT2D eigenvalue weighted by Crippen LogP contribution is 2.05. The molecule has 126 valence electrons. The molecule has 5 nitrogen and oxygen atoms in total. The Morgan fingerprint density at radius 2 is 2.05 bits per heavy atom. The molecule has 0 aliphatic carbocycles. The SMILES string of the molecule is CCOCCCCNC(=NC)NCCc1ccc(Cl)nc1.I. The molecular weight excluding hydrogens is 415 g/mol. The van der Waals surface area contributed by atoms with Gasteiger partial charge in [0.15, 0.2) is 5.96 Å². The predicted octanol–water partition coefficient (Wildman–Crippen LogP) is 2.88. The van der Waals surface area contributed by atoms with Gasteiger partial charge in [-0.3, -0.25) is 4.99 Å². The van der Waals surface area contributed by atoms with Gasteiger partial charge in [-0.1, -0.05) is 17.7 Å². The van der Waals surface area contributed by atoms with Crippen molar-refractivity contribution >= 4 is 41.5 Å². The third-order valence-electron chi connectivity index (χ3n) is 2.93. The smallest absolute Gasteiger partial charge is 0.190 e. The lowest BCUT2D eigenvalue weighted by atomic mass is 10.2. The summed E-state index contributed by atoms with van der Waals surface area (Å²) in [6.45, 7) is 5.33. The lowest BCUT2D eigenvalue weighted by Crippen LogP contribution is -2.38. The van der Waals surface area contributed by atoms with E-state index in [-0.39, 0.29) is 24.0 Å². The van der Waals surface area contributed by atoms with Crippen molar-refractivity contribution < 1.29 is 4.74 Å². The maximum Gasteiger partial charge on any atom is 0.190 e. The Morgan fingerprint density at radius 1 is 1.27 bits per heavy atom. The lowest BCUT2D eigenvalue weighted by Gasteiger charge is -2.11. The summed E-state index contributed by atoms with van der Waals surface area (Å²) in [4.78, 5) is 8.26. The molecule has 0 aliphatic heterocycles. The molecule has 22 heavy (non-hydrogen) atoms. The van der Waals surface area contributed by atoms with Crippen LogP contribution in [0, 0.1) is 0 Å². The van der Waals surface area contributed by atoms with Crippen LogP contribution in [-0.4, -0.2) is 44.3 Å². The fourth-order valence-electron chi connectivity index (χ4n) is 1.78. The van der Waals surface area contributed by atoms with Crippen molar-refractivity contribution in [2.75, 3.05) is 33.4 Å². The molecule has 2 N–H and O–H groups in total. The van der Waals surface area contributed by atoms with Gasteiger partial charge in [0, 0.05) is 39.5 Å². The molecule has 0 bridgehead atoms. The molecule has 1 rings (SSSR count). The van der Waals surface area contributed by atoms with Crippen molar-refractivity contribution in [1.29, 1.82) is 0 Å². The fraction of sp³-hybridized carbons (Fsp3) is 0.600. The molecule has 1 aromatic rings. The second-order valence-corrected chi connectivity index (χ2v) is 4.96. The Labute approximate surface area is 155 Å². The number of unbranched alkanes of at least 4 members (excludes halogenated alkanes) is 1. The van der Waals surface area contributed by atoms with Crippen molar-refractivity contribution in [2.45, 2.75) is 26.2 Å². The van der Waals surface area contributed by atoms with Gasteiger partial charge in [0.05, 0.1) is 0 Å². The monoisotopic (exact) mass is 440 g/mol. The minimum atomic E-state index is 0. The van der Waals surface area contributed by atoms with E-state index in [0.29, 0.717) is 5.15 Å². The molecule has 0 saturated heterocycles. The van der Waals surface area contributed by atoms with Crippen LogP contribution in [0.1, 0.15) is 25.3 Å². The van der Waals surface area contributed by atoms with Crippen LogP contribution in [0.2, 0.25) is 5.15 Å². The first-order chi connectivity index (χ1) is 10.3. The van der Waals surface area contributed by atoms with Crippen LogP contribution in [0.3, 0.4) is 0 Å². The normalized spacial score (nSPS) is 11.0. The summed E-state index contributed by atoms with van der Waals surface area (Å²) < 4.78 is 5.30. The molecule has 1 aromatic heterocycles. The van der Waals surface area contributed by atoms with Crippen molar-refractivity contribution in [1.82, 2.24) is 15.6 Å². The highest BCUT2D eigenvalue weighted by Gasteiger charge is 1.98. The van der Waals surface area contributed by atoms with Crippen LogP contribution in [0.4, 0.5) is 0 Å². The number of nitrogens with one attached hydrogen (secondary N) is 2. The molecule has 0 unspecified atom stereocenters. The van der Waals surface area contributed by atoms with Gasteiger partial charge in [0.25, 0.3) is 0 Å². The van der Waals surface area contributed by atoms with Gasteiger partial charge in [0.2, 0.25) is 0 Å². The zero-order valence-electron chi connectivity index (χ0n) is 13.3. The Kier molecular flexibility index (Phi) is 13.6. The zero-order valence-corrected chi connectivity index (χ0v) is 16.4. The summed E-state index contributed by atoms with van der Waals surface area (Å²) in [7, 11) is 1.78. The van der Waals surface area contributed by atoms with Crippen molar-refractivity contribution in [2.24, 2.45) is 4.99 Å². The average Bonchev–Trinajstić information content (AvgIpc) is 2.50. The van der Waals surface area contributed by atoms with Gasteiger partial charge >= 0.3 is 0 Å². The number of hydrogen-bond acceptors (Lipinski definition) is 3. The van der Waals surface area contributed by atoms with E-state index in [1.807, 2.05) is 19.1 Å². The van der Waals surface area contributed by atoms with Crippen molar-refractivity contribution in [3.05, 3.63) is 29.0 Å². The summed E-state index contributed by atoms with van der Waals surface area (Å²) in [6, 6.07) is 3.79. The largest absolute Gasteiger partial charge is 0.382 e. The maximum absolute atomic E-state index is 5.76. The quantitative estimate of drug-likeness (QED) is 0.204. The summed E-state index contributed by atoms with van der Waals surface area (Å²) in [6.07, 6.45) is 4.82. The van der Waals surface area contributed by atoms with Gasteiger partial charge in [0.1, 0.15) is 5.15 Å². The molecular formula is C15H26ClIN4O. The predicted molar refractivity (Wildman–Crippen MR) is 103 cm³/mol. The van der Waals surface area contributed by atoms with E-state index in [9.17, 15) is 0 Å². The van der Waals surface area contributed by atoms with Crippen molar-refractivity contribution in [3.8, 4) is 0 Å². The topological polar surface area (TPSA) is 58.5 Å². The molecule has 0 aliphatic rings. The van der Waals surface area contributed by atoms with Crippen LogP contribution < -0.4 is 10.6 Å². The standard InChI is InChI=1S/C15H25ClN4O.HI/c1-3-21-11-5-4-9-18-15(17-2)19-10-8-13-6-7-14(16)20-12-13;/h6-7,12H,3-5,8-11H2,1-2H3,(H2,17,18,19);1H. The molecule has 0 radical (unpaired) electrons. The van der Waals surface area contributed by atoms with Gasteiger partial charge in [-0.2, -0.15) is 0 Å². The van der Waals surface area contributed by atoms with E-state index in [4.69, 9.17) is 16.3 Å². The third-order valence-corrected chi connectivity index (χ3v) is 3.15. The number of halogens is 2. The second kappa shape index (κ2) is 14.0. The molecule has 7 heteroatoms. The zero-order chi connectivity index (χ0) is 15.3. The lowest BCUT2D eigenvalue weighted by molar-refractivity contribution is 0.143. The number of aromatic nitrogens is 1. The first-order valence-corrected chi connectivity index (χ1v) is 7.76. The number of aliphatic imine (C=N–C) groups is 1. The number of ether oxygens (including phenoxy) is 1. The van der Waals surface area contributed by atoms with E-state index in [2.05, 4.69) is 20.6 Å². The number of pyridine rings is 1. The Morgan fingerprint density at radius 3 is 2.68 bits per heavy atom. The number of rotatable bonds is 9. The summed E-state index contributed by atoms with van der Waals surface area (Å²) in [5.41, 5.74) is 1.15. The van der Waals surface area contributed by atoms with Crippen LogP contribution >= 0.6 is 35.6 Å². The molecule has 0 spiro atoms. The van der Waals surface area contributed by atoms with Crippen molar-refractivity contribution in [3.63, 3.8) is 0 Å². The van der Waals surface area contributed by atoms with Gasteiger partial charge < -0.3 is 15.4 Å². The van der Waals surface area contributed by atoms with Gasteiger partial charge in [-0.05, 0) is 37.8 Å². The number of hydrogen-bond donors (Lipinski definition) is 2. The molecule has 0 amide bonds. The molecule has 0 saturated carbocycles. The van der Waals surface area contributed by atoms with Crippen LogP contribution in [-0.2, 0) is 11.2 Å². The maximum atomic E-state index is 5.76. The second-order valence-electron chi connectivity index (χ2n) is 4.57. The Balaban J connectivity index is 0.00000441. The van der Waals surface area contributed by atoms with E-state index >= 15 is 0 Å². The fourth-order valence-corrected chi connectivity index (χ4v) is 1.89. The summed E-state index contributed by atoms with van der Waals surface area (Å²) in [5.74, 6) is 0.827. The minimum Gasteiger partial charge on any atom is -0.382 e. The average molecular weight is 441 g/mol. The Bertz CT molecular complexity index is 415. The molecule has 0 aromatic carbocycles. The Hall–Kier alpha value is -0.600. The minimum absolute atomic E-state index is 0. The van der Waals surface area contributed by atoms with E-state index in [1.165, 1.54) is 0 Å². The van der Waals surface area contributed by atoms with Crippen LogP contribution in [0.5, 0.6) is 0 Å². The van der Waals surface area contributed by atoms with Gasteiger partial charge in [-0.25, -0.2) is 4.98 Å². The number of guanidine groups is 1. The highest BCUT2D eigenvalue weighted by atomic mass is 127. The summed E-state index contributed by atoms with van der Waals surface area (Å²) in [5, 5.41) is 7.09. The molecule has 0 atom stereocenters. The third kappa shape index (κ3) is 10.2. The molecule has 1 heterocycles. The summed E-state index contributed by atoms with van der Waals surface area (Å²) >= 11 is 5.76. The van der Waals surface area contributed by atoms with Crippen LogP contribution in [0.25, 0.3) is 0 Å². The van der Waals surface area contributed by atoms with Crippen LogP contribution in [0.15, 0.2) is 23.3 Å². The number of nitrogens with zero attached hydrogens (tertiary/aromatic N) is 2. The first kappa shape index (κ1) is 21.4. The van der Waals surface area contributed by atoms with E-state index in [0.717, 1.165) is 57.1 Å². The first-order valence-electron chi connectivity index (χ1n) is 7.39. The van der Waals surface area contributed by atoms with E-state index in [1.54, 1.807) is 13.2 Å². The highest BCUT2D eigenvalue weighted by molar-refractivity contribution is 14.0. The molecule has 0 fully saturated rings. The van der Waals surface area contributed by atoms with Gasteiger partial charge in [-0.15, -0.1) is 24.0 Å².